The van der Waals surface area contributed by atoms with Crippen LogP contribution in [0, 0.1) is 11.8 Å². The zero-order valence-corrected chi connectivity index (χ0v) is 7.77. The molecule has 78 valence electrons. The van der Waals surface area contributed by atoms with E-state index in [2.05, 4.69) is 27.1 Å². The van der Waals surface area contributed by atoms with Gasteiger partial charge in [-0.2, -0.15) is 0 Å². The molecule has 0 unspecified atom stereocenters. The normalized spacial score (nSPS) is 8.87. The van der Waals surface area contributed by atoms with Crippen LogP contribution in [-0.4, -0.2) is 39.3 Å². The van der Waals surface area contributed by atoms with Crippen LogP contribution in [0.2, 0.25) is 0 Å². The van der Waals surface area contributed by atoms with E-state index in [4.69, 9.17) is 10.2 Å². The van der Waals surface area contributed by atoms with Crippen LogP contribution in [0.4, 0.5) is 5.82 Å². The van der Waals surface area contributed by atoms with Gasteiger partial charge in [-0.05, 0) is 0 Å². The van der Waals surface area contributed by atoms with Crippen molar-refractivity contribution in [2.24, 2.45) is 0 Å². The molecule has 0 atom stereocenters. The molecule has 0 spiro atoms. The maximum Gasteiger partial charge on any atom is 0.358 e. The van der Waals surface area contributed by atoms with E-state index in [1.165, 1.54) is 12.4 Å². The maximum atomic E-state index is 10.7. The first kappa shape index (κ1) is 10.9. The van der Waals surface area contributed by atoms with Crippen molar-refractivity contribution < 1.29 is 15.0 Å². The maximum absolute atomic E-state index is 10.7. The summed E-state index contributed by atoms with van der Waals surface area (Å²) in [5.74, 6) is 4.00. The smallest absolute Gasteiger partial charge is 0.358 e. The van der Waals surface area contributed by atoms with E-state index >= 15 is 0 Å². The second kappa shape index (κ2) is 5.57. The summed E-state index contributed by atoms with van der Waals surface area (Å²) in [6, 6.07) is 0. The summed E-state index contributed by atoms with van der Waals surface area (Å²) in [5, 5.41) is 19.8. The first-order chi connectivity index (χ1) is 7.25. The summed E-state index contributed by atoms with van der Waals surface area (Å²) in [7, 11) is 0. The van der Waals surface area contributed by atoms with Crippen molar-refractivity contribution >= 4 is 11.8 Å². The van der Waals surface area contributed by atoms with Crippen molar-refractivity contribution in [1.29, 1.82) is 0 Å². The van der Waals surface area contributed by atoms with E-state index in [0.29, 0.717) is 0 Å². The van der Waals surface area contributed by atoms with Crippen molar-refractivity contribution in [3.05, 3.63) is 18.1 Å². The number of carboxylic acids is 1. The van der Waals surface area contributed by atoms with E-state index in [1.54, 1.807) is 0 Å². The number of nitrogens with one attached hydrogen (secondary N) is 1. The highest BCUT2D eigenvalue weighted by Gasteiger charge is 2.10. The molecule has 0 amide bonds. The van der Waals surface area contributed by atoms with Gasteiger partial charge in [0, 0.05) is 12.4 Å². The number of nitrogens with zero attached hydrogens (tertiary/aromatic N) is 2. The third-order valence-electron chi connectivity index (χ3n) is 1.45. The number of aromatic nitrogens is 2. The van der Waals surface area contributed by atoms with E-state index in [9.17, 15) is 4.79 Å². The van der Waals surface area contributed by atoms with Crippen LogP contribution in [0.1, 0.15) is 10.5 Å². The largest absolute Gasteiger partial charge is 0.476 e. The minimum absolute atomic E-state index is 0.150. The van der Waals surface area contributed by atoms with Gasteiger partial charge in [0.15, 0.2) is 11.5 Å². The number of carboxylic acid groups (broad SMARTS) is 1. The molecule has 1 heterocycles. The summed E-state index contributed by atoms with van der Waals surface area (Å²) in [5.41, 5.74) is -0.150. The van der Waals surface area contributed by atoms with E-state index in [-0.39, 0.29) is 24.7 Å². The quantitative estimate of drug-likeness (QED) is 0.583. The van der Waals surface area contributed by atoms with Gasteiger partial charge in [-0.1, -0.05) is 11.8 Å². The molecule has 0 aliphatic carbocycles. The fourth-order valence-corrected chi connectivity index (χ4v) is 0.870. The Morgan fingerprint density at radius 1 is 1.40 bits per heavy atom. The van der Waals surface area contributed by atoms with Crippen LogP contribution in [0.15, 0.2) is 12.4 Å². The van der Waals surface area contributed by atoms with Gasteiger partial charge in [-0.25, -0.2) is 14.8 Å². The third kappa shape index (κ3) is 3.25. The second-order valence-corrected chi connectivity index (χ2v) is 2.42. The minimum atomic E-state index is -1.15. The molecule has 6 nitrogen and oxygen atoms in total. The Labute approximate surface area is 86.0 Å². The zero-order valence-electron chi connectivity index (χ0n) is 7.77. The highest BCUT2D eigenvalue weighted by atomic mass is 16.4. The summed E-state index contributed by atoms with van der Waals surface area (Å²) in [6.45, 7) is -0.0204. The first-order valence-electron chi connectivity index (χ1n) is 4.10. The lowest BCUT2D eigenvalue weighted by Gasteiger charge is -2.03. The van der Waals surface area contributed by atoms with Crippen LogP contribution in [0.5, 0.6) is 0 Å². The summed E-state index contributed by atoms with van der Waals surface area (Å²) in [4.78, 5) is 18.2. The van der Waals surface area contributed by atoms with Crippen LogP contribution in [0.3, 0.4) is 0 Å². The fraction of sp³-hybridized carbons (Fsp3) is 0.222. The third-order valence-corrected chi connectivity index (χ3v) is 1.45. The number of rotatable bonds is 3. The topological polar surface area (TPSA) is 95.3 Å². The molecule has 15 heavy (non-hydrogen) atoms. The zero-order chi connectivity index (χ0) is 11.1. The van der Waals surface area contributed by atoms with Crippen molar-refractivity contribution in [3.8, 4) is 11.8 Å². The average molecular weight is 207 g/mol. The predicted molar refractivity (Wildman–Crippen MR) is 52.3 cm³/mol. The van der Waals surface area contributed by atoms with Crippen LogP contribution in [0.25, 0.3) is 0 Å². The minimum Gasteiger partial charge on any atom is -0.476 e. The molecule has 0 aliphatic rings. The lowest BCUT2D eigenvalue weighted by molar-refractivity contribution is 0.0691. The molecule has 0 aromatic carbocycles. The Morgan fingerprint density at radius 3 is 2.80 bits per heavy atom. The van der Waals surface area contributed by atoms with Gasteiger partial charge in [0.1, 0.15) is 6.61 Å². The lowest BCUT2D eigenvalue weighted by atomic mass is 10.4. The molecule has 0 fully saturated rings. The average Bonchev–Trinajstić information content (AvgIpc) is 2.25. The lowest BCUT2D eigenvalue weighted by Crippen LogP contribution is -2.10. The summed E-state index contributed by atoms with van der Waals surface area (Å²) >= 11 is 0. The van der Waals surface area contributed by atoms with Crippen molar-refractivity contribution in [3.63, 3.8) is 0 Å². The van der Waals surface area contributed by atoms with E-state index < -0.39 is 5.97 Å². The molecule has 0 radical (unpaired) electrons. The Morgan fingerprint density at radius 2 is 2.13 bits per heavy atom. The molecular formula is C9H9N3O3. The van der Waals surface area contributed by atoms with Gasteiger partial charge in [0.25, 0.3) is 0 Å². The fourth-order valence-electron chi connectivity index (χ4n) is 0.870. The molecule has 0 saturated heterocycles. The molecule has 0 bridgehead atoms. The van der Waals surface area contributed by atoms with Crippen molar-refractivity contribution in [2.75, 3.05) is 18.5 Å². The molecule has 0 saturated carbocycles. The molecule has 1 rings (SSSR count). The highest BCUT2D eigenvalue weighted by Crippen LogP contribution is 2.06. The Bertz CT molecular complexity index is 409. The van der Waals surface area contributed by atoms with Gasteiger partial charge in [-0.15, -0.1) is 0 Å². The molecule has 6 heteroatoms. The van der Waals surface area contributed by atoms with Gasteiger partial charge in [0.05, 0.1) is 6.54 Å². The number of hydrogen-bond donors (Lipinski definition) is 3. The van der Waals surface area contributed by atoms with Crippen LogP contribution < -0.4 is 5.32 Å². The van der Waals surface area contributed by atoms with Gasteiger partial charge in [-0.3, -0.25) is 0 Å². The Hall–Kier alpha value is -2.13. The number of hydrogen-bond acceptors (Lipinski definition) is 5. The number of carbonyl (C=O) groups is 1. The molecule has 1 aromatic rings. The number of aromatic carboxylic acids is 1. The SMILES string of the molecule is O=C(O)c1nccnc1NCC#CCO. The molecule has 3 N–H and O–H groups in total. The molecule has 1 aromatic heterocycles. The number of aliphatic hydroxyl groups is 1. The van der Waals surface area contributed by atoms with Crippen LogP contribution >= 0.6 is 0 Å². The van der Waals surface area contributed by atoms with Crippen molar-refractivity contribution in [1.82, 2.24) is 9.97 Å². The highest BCUT2D eigenvalue weighted by molar-refractivity contribution is 5.90. The second-order valence-electron chi connectivity index (χ2n) is 2.42. The summed E-state index contributed by atoms with van der Waals surface area (Å²) in [6.07, 6.45) is 2.68. The molecular weight excluding hydrogens is 198 g/mol. The van der Waals surface area contributed by atoms with Gasteiger partial charge >= 0.3 is 5.97 Å². The Kier molecular flexibility index (Phi) is 4.06. The number of aliphatic hydroxyl groups excluding tert-OH is 1. The Balaban J connectivity index is 2.72. The van der Waals surface area contributed by atoms with Gasteiger partial charge < -0.3 is 15.5 Å². The van der Waals surface area contributed by atoms with Crippen molar-refractivity contribution in [2.45, 2.75) is 0 Å². The first-order valence-corrected chi connectivity index (χ1v) is 4.10. The molecule has 0 aliphatic heterocycles. The van der Waals surface area contributed by atoms with E-state index in [0.717, 1.165) is 0 Å². The standard InChI is InChI=1S/C9H9N3O3/c13-6-2-1-3-11-8-7(9(14)15)10-4-5-12-8/h4-5,13H,3,6H2,(H,11,12)(H,14,15). The monoisotopic (exact) mass is 207 g/mol. The van der Waals surface area contributed by atoms with Gasteiger partial charge in [0.2, 0.25) is 0 Å². The van der Waals surface area contributed by atoms with E-state index in [1.807, 2.05) is 0 Å². The summed E-state index contributed by atoms with van der Waals surface area (Å²) < 4.78 is 0. The van der Waals surface area contributed by atoms with Crippen LogP contribution in [-0.2, 0) is 0 Å². The predicted octanol–water partition coefficient (Wildman–Crippen LogP) is -0.418. The number of anilines is 1.